The molecule has 64 valence electrons. The quantitative estimate of drug-likeness (QED) is 0.614. The summed E-state index contributed by atoms with van der Waals surface area (Å²) in [4.78, 5) is 10.4. The Kier molecular flexibility index (Phi) is 3.88. The maximum atomic E-state index is 10.4. The van der Waals surface area contributed by atoms with Gasteiger partial charge in [-0.1, -0.05) is 44.0 Å². The van der Waals surface area contributed by atoms with E-state index in [2.05, 4.69) is 37.0 Å². The van der Waals surface area contributed by atoms with E-state index in [4.69, 9.17) is 0 Å². The van der Waals surface area contributed by atoms with Gasteiger partial charge in [0.1, 0.15) is 5.69 Å². The van der Waals surface area contributed by atoms with Crippen LogP contribution >= 0.6 is 31.9 Å². The molecule has 1 aromatic rings. The summed E-state index contributed by atoms with van der Waals surface area (Å²) in [6.07, 6.45) is 0. The van der Waals surface area contributed by atoms with E-state index in [9.17, 15) is 4.91 Å². The van der Waals surface area contributed by atoms with Gasteiger partial charge in [-0.15, -0.1) is 4.91 Å². The molecule has 0 aliphatic carbocycles. The zero-order valence-corrected chi connectivity index (χ0v) is 9.43. The van der Waals surface area contributed by atoms with Crippen LogP contribution in [-0.2, 0) is 10.7 Å². The lowest BCUT2D eigenvalue weighted by atomic mass is 10.1. The van der Waals surface area contributed by atoms with Gasteiger partial charge in [0.05, 0.1) is 0 Å². The van der Waals surface area contributed by atoms with Gasteiger partial charge in [0.25, 0.3) is 0 Å². The zero-order chi connectivity index (χ0) is 8.97. The van der Waals surface area contributed by atoms with Crippen LogP contribution in [-0.4, -0.2) is 0 Å². The van der Waals surface area contributed by atoms with Gasteiger partial charge in [0.2, 0.25) is 0 Å². The molecular weight excluding hydrogens is 286 g/mol. The average molecular weight is 293 g/mol. The Balaban J connectivity index is 3.21. The Hall–Kier alpha value is -0.220. The normalized spacial score (nSPS) is 9.83. The van der Waals surface area contributed by atoms with Crippen LogP contribution in [0.1, 0.15) is 11.1 Å². The third-order valence-electron chi connectivity index (χ3n) is 1.62. The number of hydrogen-bond donors (Lipinski definition) is 0. The maximum absolute atomic E-state index is 10.4. The van der Waals surface area contributed by atoms with Crippen molar-refractivity contribution in [2.45, 2.75) is 10.7 Å². The van der Waals surface area contributed by atoms with Gasteiger partial charge in [0, 0.05) is 10.7 Å². The molecule has 0 N–H and O–H groups in total. The van der Waals surface area contributed by atoms with Gasteiger partial charge < -0.3 is 0 Å². The van der Waals surface area contributed by atoms with Crippen molar-refractivity contribution in [1.29, 1.82) is 0 Å². The Bertz CT molecular complexity index is 288. The number of benzene rings is 1. The average Bonchev–Trinajstić information content (AvgIpc) is 2.16. The lowest BCUT2D eigenvalue weighted by Crippen LogP contribution is -1.87. The molecule has 0 aromatic heterocycles. The van der Waals surface area contributed by atoms with E-state index in [0.29, 0.717) is 11.0 Å². The molecule has 0 unspecified atom stereocenters. The molecule has 0 atom stereocenters. The lowest BCUT2D eigenvalue weighted by molar-refractivity contribution is 1.27. The molecule has 0 fully saturated rings. The second kappa shape index (κ2) is 4.72. The Morgan fingerprint density at radius 1 is 1.25 bits per heavy atom. The third-order valence-corrected chi connectivity index (χ3v) is 2.79. The Morgan fingerprint density at radius 3 is 2.50 bits per heavy atom. The SMILES string of the molecule is O=Nc1cccc(CBr)c1CBr. The molecule has 2 nitrogen and oxygen atoms in total. The van der Waals surface area contributed by atoms with Gasteiger partial charge in [-0.05, 0) is 22.4 Å². The smallest absolute Gasteiger partial charge is 0.112 e. The highest BCUT2D eigenvalue weighted by atomic mass is 79.9. The first kappa shape index (κ1) is 9.86. The first-order chi connectivity index (χ1) is 5.83. The van der Waals surface area contributed by atoms with Crippen LogP contribution in [0.2, 0.25) is 0 Å². The van der Waals surface area contributed by atoms with Crippen LogP contribution in [0.25, 0.3) is 0 Å². The second-order valence-electron chi connectivity index (χ2n) is 2.27. The topological polar surface area (TPSA) is 29.4 Å². The van der Waals surface area contributed by atoms with E-state index in [1.807, 2.05) is 12.1 Å². The van der Waals surface area contributed by atoms with Gasteiger partial charge in [-0.25, -0.2) is 0 Å². The zero-order valence-electron chi connectivity index (χ0n) is 6.26. The summed E-state index contributed by atoms with van der Waals surface area (Å²) >= 11 is 6.67. The second-order valence-corrected chi connectivity index (χ2v) is 3.39. The first-order valence-corrected chi connectivity index (χ1v) is 5.63. The van der Waals surface area contributed by atoms with E-state index in [1.165, 1.54) is 0 Å². The minimum atomic E-state index is 0.517. The van der Waals surface area contributed by atoms with Crippen LogP contribution < -0.4 is 0 Å². The van der Waals surface area contributed by atoms with E-state index in [0.717, 1.165) is 16.5 Å². The van der Waals surface area contributed by atoms with E-state index < -0.39 is 0 Å². The minimum absolute atomic E-state index is 0.517. The largest absolute Gasteiger partial charge is 0.145 e. The summed E-state index contributed by atoms with van der Waals surface area (Å²) in [7, 11) is 0. The summed E-state index contributed by atoms with van der Waals surface area (Å²) in [5, 5.41) is 4.36. The van der Waals surface area contributed by atoms with Crippen molar-refractivity contribution >= 4 is 37.5 Å². The monoisotopic (exact) mass is 291 g/mol. The van der Waals surface area contributed by atoms with E-state index in [-0.39, 0.29) is 0 Å². The lowest BCUT2D eigenvalue weighted by Gasteiger charge is -2.04. The van der Waals surface area contributed by atoms with Crippen LogP contribution in [0.4, 0.5) is 5.69 Å². The Labute approximate surface area is 87.6 Å². The maximum Gasteiger partial charge on any atom is 0.112 e. The molecular formula is C8H7Br2NO. The van der Waals surface area contributed by atoms with Gasteiger partial charge >= 0.3 is 0 Å². The molecule has 0 aliphatic heterocycles. The fourth-order valence-electron chi connectivity index (χ4n) is 0.986. The fraction of sp³-hybridized carbons (Fsp3) is 0.250. The van der Waals surface area contributed by atoms with Crippen molar-refractivity contribution in [3.63, 3.8) is 0 Å². The summed E-state index contributed by atoms with van der Waals surface area (Å²) in [6.45, 7) is 0. The molecule has 4 heteroatoms. The predicted octanol–water partition coefficient (Wildman–Crippen LogP) is 3.87. The number of nitroso groups, excluding NO2 is 1. The van der Waals surface area contributed by atoms with Crippen LogP contribution in [0.15, 0.2) is 23.4 Å². The van der Waals surface area contributed by atoms with Crippen LogP contribution in [0.5, 0.6) is 0 Å². The van der Waals surface area contributed by atoms with Crippen molar-refractivity contribution in [3.8, 4) is 0 Å². The summed E-state index contributed by atoms with van der Waals surface area (Å²) < 4.78 is 0. The predicted molar refractivity (Wildman–Crippen MR) is 57.2 cm³/mol. The molecule has 0 radical (unpaired) electrons. The third kappa shape index (κ3) is 1.93. The van der Waals surface area contributed by atoms with Crippen molar-refractivity contribution in [2.75, 3.05) is 0 Å². The number of alkyl halides is 2. The van der Waals surface area contributed by atoms with Gasteiger partial charge in [-0.3, -0.25) is 0 Å². The molecule has 0 saturated heterocycles. The highest BCUT2D eigenvalue weighted by Gasteiger charge is 2.05. The van der Waals surface area contributed by atoms with Crippen molar-refractivity contribution in [1.82, 2.24) is 0 Å². The molecule has 0 bridgehead atoms. The highest BCUT2D eigenvalue weighted by Crippen LogP contribution is 2.26. The minimum Gasteiger partial charge on any atom is -0.145 e. The summed E-state index contributed by atoms with van der Waals surface area (Å²) in [5.74, 6) is 0. The van der Waals surface area contributed by atoms with Gasteiger partial charge in [0.15, 0.2) is 0 Å². The molecule has 0 heterocycles. The Morgan fingerprint density at radius 2 is 2.00 bits per heavy atom. The number of nitrogens with zero attached hydrogens (tertiary/aromatic N) is 1. The van der Waals surface area contributed by atoms with E-state index >= 15 is 0 Å². The van der Waals surface area contributed by atoms with Crippen molar-refractivity contribution in [2.24, 2.45) is 5.18 Å². The number of halogens is 2. The highest BCUT2D eigenvalue weighted by molar-refractivity contribution is 9.09. The van der Waals surface area contributed by atoms with Crippen LogP contribution in [0, 0.1) is 4.91 Å². The molecule has 1 aromatic carbocycles. The molecule has 0 amide bonds. The van der Waals surface area contributed by atoms with Gasteiger partial charge in [-0.2, -0.15) is 0 Å². The summed E-state index contributed by atoms with van der Waals surface area (Å²) in [5.41, 5.74) is 2.58. The fourth-order valence-corrected chi connectivity index (χ4v) is 2.16. The molecule has 12 heavy (non-hydrogen) atoms. The number of hydrogen-bond acceptors (Lipinski definition) is 2. The molecule has 0 spiro atoms. The molecule has 1 rings (SSSR count). The van der Waals surface area contributed by atoms with Crippen molar-refractivity contribution < 1.29 is 0 Å². The van der Waals surface area contributed by atoms with Crippen LogP contribution in [0.3, 0.4) is 0 Å². The van der Waals surface area contributed by atoms with E-state index in [1.54, 1.807) is 6.07 Å². The molecule has 0 saturated carbocycles. The summed E-state index contributed by atoms with van der Waals surface area (Å²) in [6, 6.07) is 5.52. The molecule has 0 aliphatic rings. The standard InChI is InChI=1S/C8H7Br2NO/c9-4-6-2-1-3-8(11-12)7(6)5-10/h1-3H,4-5H2. The van der Waals surface area contributed by atoms with Crippen molar-refractivity contribution in [3.05, 3.63) is 34.2 Å². The first-order valence-electron chi connectivity index (χ1n) is 3.39. The number of rotatable bonds is 3.